The molecule has 0 saturated carbocycles. The van der Waals surface area contributed by atoms with Gasteiger partial charge in [0.2, 0.25) is 0 Å². The molecule has 1 amide bonds. The van der Waals surface area contributed by atoms with Crippen LogP contribution in [0.3, 0.4) is 0 Å². The van der Waals surface area contributed by atoms with E-state index >= 15 is 0 Å². The van der Waals surface area contributed by atoms with E-state index in [9.17, 15) is 4.79 Å². The van der Waals surface area contributed by atoms with Gasteiger partial charge in [0.05, 0.1) is 11.1 Å². The average Bonchev–Trinajstić information content (AvgIpc) is 3.11. The molecule has 0 bridgehead atoms. The molecule has 23 heavy (non-hydrogen) atoms. The van der Waals surface area contributed by atoms with E-state index in [0.717, 1.165) is 23.1 Å². The first-order valence-electron chi connectivity index (χ1n) is 7.44. The Kier molecular flexibility index (Phi) is 4.12. The first-order valence-corrected chi connectivity index (χ1v) is 7.44. The zero-order valence-electron chi connectivity index (χ0n) is 13.3. The Balaban J connectivity index is 1.91. The van der Waals surface area contributed by atoms with Gasteiger partial charge < -0.3 is 10.1 Å². The van der Waals surface area contributed by atoms with Crippen molar-refractivity contribution < 1.29 is 9.53 Å². The van der Waals surface area contributed by atoms with Gasteiger partial charge in [-0.3, -0.25) is 9.89 Å². The molecule has 3 rings (SSSR count). The number of carbonyl (C=O) groups is 1. The molecule has 0 saturated heterocycles. The SMILES string of the molecule is CCc1nn(C)c2n[nH]c(NC(=O)[C@H](OC)c3ccccc3)c12. The van der Waals surface area contributed by atoms with Gasteiger partial charge in [-0.05, 0) is 12.0 Å². The van der Waals surface area contributed by atoms with Crippen molar-refractivity contribution >= 4 is 22.8 Å². The predicted molar refractivity (Wildman–Crippen MR) is 87.1 cm³/mol. The summed E-state index contributed by atoms with van der Waals surface area (Å²) in [6.45, 7) is 2.02. The Morgan fingerprint density at radius 3 is 2.78 bits per heavy atom. The molecular weight excluding hydrogens is 294 g/mol. The third kappa shape index (κ3) is 2.70. The van der Waals surface area contributed by atoms with Crippen molar-refractivity contribution in [1.82, 2.24) is 20.0 Å². The summed E-state index contributed by atoms with van der Waals surface area (Å²) in [7, 11) is 3.34. The van der Waals surface area contributed by atoms with Crippen molar-refractivity contribution in [2.75, 3.05) is 12.4 Å². The van der Waals surface area contributed by atoms with Crippen molar-refractivity contribution in [3.05, 3.63) is 41.6 Å². The average molecular weight is 313 g/mol. The van der Waals surface area contributed by atoms with Crippen molar-refractivity contribution in [3.8, 4) is 0 Å². The van der Waals surface area contributed by atoms with E-state index in [0.29, 0.717) is 11.5 Å². The Morgan fingerprint density at radius 2 is 2.13 bits per heavy atom. The Morgan fingerprint density at radius 1 is 1.39 bits per heavy atom. The number of amides is 1. The quantitative estimate of drug-likeness (QED) is 0.756. The van der Waals surface area contributed by atoms with Crippen LogP contribution in [0, 0.1) is 0 Å². The third-order valence-electron chi connectivity index (χ3n) is 3.77. The molecule has 0 aliphatic heterocycles. The second-order valence-electron chi connectivity index (χ2n) is 5.24. The maximum Gasteiger partial charge on any atom is 0.259 e. The Bertz CT molecular complexity index is 822. The number of anilines is 1. The van der Waals surface area contributed by atoms with E-state index in [1.54, 1.807) is 4.68 Å². The number of aromatic amines is 1. The smallest absolute Gasteiger partial charge is 0.259 e. The number of rotatable bonds is 5. The van der Waals surface area contributed by atoms with E-state index in [1.807, 2.05) is 44.3 Å². The summed E-state index contributed by atoms with van der Waals surface area (Å²) in [6.07, 6.45) is 0.0721. The lowest BCUT2D eigenvalue weighted by molar-refractivity contribution is -0.126. The number of aryl methyl sites for hydroxylation is 2. The van der Waals surface area contributed by atoms with E-state index in [1.165, 1.54) is 7.11 Å². The normalized spacial score (nSPS) is 12.5. The highest BCUT2D eigenvalue weighted by Gasteiger charge is 2.23. The monoisotopic (exact) mass is 313 g/mol. The van der Waals surface area contributed by atoms with Gasteiger partial charge in [0.25, 0.3) is 5.91 Å². The molecule has 2 heterocycles. The van der Waals surface area contributed by atoms with Crippen LogP contribution in [0.2, 0.25) is 0 Å². The summed E-state index contributed by atoms with van der Waals surface area (Å²) in [5.41, 5.74) is 2.40. The number of ether oxygens (including phenoxy) is 1. The van der Waals surface area contributed by atoms with E-state index < -0.39 is 6.10 Å². The molecule has 0 fully saturated rings. The summed E-state index contributed by atoms with van der Waals surface area (Å²) in [5.74, 6) is 0.295. The van der Waals surface area contributed by atoms with E-state index in [2.05, 4.69) is 20.6 Å². The maximum atomic E-state index is 12.6. The zero-order chi connectivity index (χ0) is 16.4. The van der Waals surface area contributed by atoms with Crippen LogP contribution in [0.4, 0.5) is 5.82 Å². The summed E-state index contributed by atoms with van der Waals surface area (Å²) in [5, 5.41) is 15.2. The van der Waals surface area contributed by atoms with E-state index in [4.69, 9.17) is 4.74 Å². The van der Waals surface area contributed by atoms with Gasteiger partial charge in [0.1, 0.15) is 5.82 Å². The van der Waals surface area contributed by atoms with Crippen LogP contribution >= 0.6 is 0 Å². The Labute approximate surface area is 133 Å². The molecule has 0 unspecified atom stereocenters. The Hall–Kier alpha value is -2.67. The molecule has 2 N–H and O–H groups in total. The summed E-state index contributed by atoms with van der Waals surface area (Å²) < 4.78 is 7.05. The van der Waals surface area contributed by atoms with Crippen molar-refractivity contribution in [1.29, 1.82) is 0 Å². The summed E-state index contributed by atoms with van der Waals surface area (Å²) in [6, 6.07) is 9.37. The standard InChI is InChI=1S/C16H19N5O2/c1-4-11-12-14(18-19-15(12)21(2)20-11)17-16(22)13(23-3)10-8-6-5-7-9-10/h5-9,13H,4H2,1-3H3,(H2,17,18,19,22)/t13-/m1/s1. The molecular formula is C16H19N5O2. The van der Waals surface area contributed by atoms with Crippen LogP contribution in [0.1, 0.15) is 24.3 Å². The number of methoxy groups -OCH3 is 1. The number of nitrogens with one attached hydrogen (secondary N) is 2. The van der Waals surface area contributed by atoms with Crippen LogP contribution in [-0.2, 0) is 23.0 Å². The molecule has 7 nitrogen and oxygen atoms in total. The summed E-state index contributed by atoms with van der Waals surface area (Å²) in [4.78, 5) is 12.6. The second-order valence-corrected chi connectivity index (χ2v) is 5.24. The van der Waals surface area contributed by atoms with Crippen LogP contribution in [-0.4, -0.2) is 33.0 Å². The second kappa shape index (κ2) is 6.21. The fourth-order valence-corrected chi connectivity index (χ4v) is 2.67. The van der Waals surface area contributed by atoms with E-state index in [-0.39, 0.29) is 5.91 Å². The zero-order valence-corrected chi connectivity index (χ0v) is 13.3. The fraction of sp³-hybridized carbons (Fsp3) is 0.312. The highest BCUT2D eigenvalue weighted by atomic mass is 16.5. The molecule has 1 atom stereocenters. The van der Waals surface area contributed by atoms with Gasteiger partial charge in [0, 0.05) is 14.2 Å². The number of fused-ring (bicyclic) bond motifs is 1. The number of carbonyl (C=O) groups excluding carboxylic acids is 1. The molecule has 0 radical (unpaired) electrons. The number of benzene rings is 1. The van der Waals surface area contributed by atoms with Gasteiger partial charge in [-0.25, -0.2) is 4.68 Å². The molecule has 0 aliphatic rings. The minimum Gasteiger partial charge on any atom is -0.367 e. The molecule has 0 aliphatic carbocycles. The minimum atomic E-state index is -0.684. The third-order valence-corrected chi connectivity index (χ3v) is 3.77. The van der Waals surface area contributed by atoms with Crippen LogP contribution in [0.25, 0.3) is 11.0 Å². The first kappa shape index (κ1) is 15.2. The van der Waals surface area contributed by atoms with Gasteiger partial charge in [-0.2, -0.15) is 10.2 Å². The van der Waals surface area contributed by atoms with Crippen LogP contribution in [0.15, 0.2) is 30.3 Å². The number of nitrogens with zero attached hydrogens (tertiary/aromatic N) is 3. The van der Waals surface area contributed by atoms with Crippen molar-refractivity contribution in [2.45, 2.75) is 19.4 Å². The van der Waals surface area contributed by atoms with Gasteiger partial charge >= 0.3 is 0 Å². The van der Waals surface area contributed by atoms with Crippen molar-refractivity contribution in [2.24, 2.45) is 7.05 Å². The molecule has 120 valence electrons. The lowest BCUT2D eigenvalue weighted by Crippen LogP contribution is -2.22. The lowest BCUT2D eigenvalue weighted by atomic mass is 10.1. The van der Waals surface area contributed by atoms with Crippen LogP contribution in [0.5, 0.6) is 0 Å². The highest BCUT2D eigenvalue weighted by Crippen LogP contribution is 2.26. The number of hydrogen-bond acceptors (Lipinski definition) is 4. The molecule has 1 aromatic carbocycles. The fourth-order valence-electron chi connectivity index (χ4n) is 2.67. The molecule has 2 aromatic heterocycles. The topological polar surface area (TPSA) is 84.8 Å². The van der Waals surface area contributed by atoms with Crippen LogP contribution < -0.4 is 5.32 Å². The highest BCUT2D eigenvalue weighted by molar-refractivity contribution is 6.01. The number of H-pyrrole nitrogens is 1. The number of aromatic nitrogens is 4. The molecule has 7 heteroatoms. The molecule has 0 spiro atoms. The van der Waals surface area contributed by atoms with Gasteiger partial charge in [-0.15, -0.1) is 0 Å². The maximum absolute atomic E-state index is 12.6. The van der Waals surface area contributed by atoms with Gasteiger partial charge in [0.15, 0.2) is 11.8 Å². The molecule has 3 aromatic rings. The van der Waals surface area contributed by atoms with Gasteiger partial charge in [-0.1, -0.05) is 37.3 Å². The first-order chi connectivity index (χ1) is 11.2. The summed E-state index contributed by atoms with van der Waals surface area (Å²) >= 11 is 0. The lowest BCUT2D eigenvalue weighted by Gasteiger charge is -2.15. The largest absolute Gasteiger partial charge is 0.367 e. The minimum absolute atomic E-state index is 0.254. The number of hydrogen-bond donors (Lipinski definition) is 2. The van der Waals surface area contributed by atoms with Crippen molar-refractivity contribution in [3.63, 3.8) is 0 Å². The predicted octanol–water partition coefficient (Wildman–Crippen LogP) is 2.18.